The van der Waals surface area contributed by atoms with Crippen LogP contribution >= 0.6 is 207 Å². The number of hydrogen-bond donors (Lipinski definition) is 0. The molecule has 0 heterocycles. The second kappa shape index (κ2) is 9.75. The molecule has 1 radical (unpaired) electrons. The average molecular weight is 1190 g/mol. The van der Waals surface area contributed by atoms with E-state index in [1.165, 1.54) is 0 Å². The van der Waals surface area contributed by atoms with Crippen molar-refractivity contribution in [3.63, 3.8) is 0 Å². The van der Waals surface area contributed by atoms with Gasteiger partial charge in [0.25, 0.3) is 0 Å². The molecule has 0 N–H and O–H groups in total. The molecule has 0 aliphatic rings. The Hall–Kier alpha value is 5.46. The molecule has 13 heteroatoms. The van der Waals surface area contributed by atoms with E-state index < -0.39 is 18.3 Å². The predicted octanol–water partition coefficient (Wildman–Crippen LogP) is 11.2. The Morgan fingerprint density at radius 1 is 0.560 bits per heavy atom. The molecule has 0 nitrogen and oxygen atoms in total. The molecule has 1 unspecified atom stereocenters. The molecule has 1 rings (SSSR count). The van der Waals surface area contributed by atoms with E-state index in [4.69, 9.17) is 0 Å². The third-order valence-electron chi connectivity index (χ3n) is 3.05. The van der Waals surface area contributed by atoms with Crippen LogP contribution in [-0.4, -0.2) is 14.0 Å². The highest BCUT2D eigenvalue weighted by atomic mass is 80.0. The van der Waals surface area contributed by atoms with E-state index >= 15 is 0 Å². The summed E-state index contributed by atoms with van der Waals surface area (Å²) < 4.78 is -4.96. The lowest BCUT2D eigenvalue weighted by atomic mass is 9.94. The van der Waals surface area contributed by atoms with Crippen LogP contribution in [0.3, 0.4) is 0 Å². The molecule has 0 fully saturated rings. The van der Waals surface area contributed by atoms with Gasteiger partial charge in [0.05, 0.1) is 0 Å². The maximum Gasteiger partial charge on any atom is 0.162 e. The molecule has 143 valence electrons. The number of halogens is 13. The van der Waals surface area contributed by atoms with Crippen LogP contribution in [-0.2, 0) is 4.32 Å². The molecule has 0 saturated heterocycles. The highest BCUT2D eigenvalue weighted by molar-refractivity contribution is 9.42. The van der Waals surface area contributed by atoms with Crippen LogP contribution in [0.2, 0.25) is 0 Å². The van der Waals surface area contributed by atoms with Crippen molar-refractivity contribution in [1.82, 2.24) is 0 Å². The van der Waals surface area contributed by atoms with Gasteiger partial charge in [-0.2, -0.15) is 0 Å². The Morgan fingerprint density at radius 3 is 1.36 bits per heavy atom. The Morgan fingerprint density at radius 2 is 1.04 bits per heavy atom. The smallest absolute Gasteiger partial charge is 0.0740 e. The summed E-state index contributed by atoms with van der Waals surface area (Å²) >= 11 is 48.6. The summed E-state index contributed by atoms with van der Waals surface area (Å²) in [6, 6.07) is 11.0. The zero-order valence-electron chi connectivity index (χ0n) is 11.2. The lowest BCUT2D eigenvalue weighted by molar-refractivity contribution is 0.568. The summed E-state index contributed by atoms with van der Waals surface area (Å²) in [6.07, 6.45) is 0. The summed E-state index contributed by atoms with van der Waals surface area (Å²) in [5.74, 6) is 0. The first-order valence-electron chi connectivity index (χ1n) is 5.78. The Balaban J connectivity index is 3.75. The van der Waals surface area contributed by atoms with E-state index in [0.29, 0.717) is 0 Å². The summed E-state index contributed by atoms with van der Waals surface area (Å²) in [5.41, 5.74) is 0.859. The van der Waals surface area contributed by atoms with Crippen molar-refractivity contribution in [2.24, 2.45) is 0 Å². The molecule has 1 aromatic rings. The summed E-state index contributed by atoms with van der Waals surface area (Å²) in [6.45, 7) is 0. The molecule has 1 aromatic carbocycles. The normalized spacial score (nSPS) is 17.3. The molecule has 0 aromatic heterocycles. The topological polar surface area (TPSA) is 0 Å². The number of hydrogen-bond acceptors (Lipinski definition) is 0. The molecule has 0 saturated carbocycles. The van der Waals surface area contributed by atoms with Gasteiger partial charge in [0, 0.05) is 0 Å². The van der Waals surface area contributed by atoms with E-state index in [0.717, 1.165) is 5.56 Å². The number of alkyl halides is 13. The van der Waals surface area contributed by atoms with E-state index in [9.17, 15) is 0 Å². The van der Waals surface area contributed by atoms with Gasteiger partial charge in [-0.1, -0.05) is 231 Å². The lowest BCUT2D eigenvalue weighted by Gasteiger charge is -2.55. The predicted molar refractivity (Wildman–Crippen MR) is 157 cm³/mol. The van der Waals surface area contributed by atoms with Gasteiger partial charge in [-0.3, -0.25) is 0 Å². The highest BCUT2D eigenvalue weighted by Crippen LogP contribution is 2.76. The Labute approximate surface area is 256 Å². The minimum atomic E-state index is -0.901. The van der Waals surface area contributed by atoms with Crippen molar-refractivity contribution in [3.05, 3.63) is 35.9 Å². The van der Waals surface area contributed by atoms with Crippen LogP contribution in [0.15, 0.2) is 24.3 Å². The SMILES string of the molecule is BrC(Br)(Br)C(Br)(Br)C(Br)(Br)C(Br)(Br)C(Br)(c1[c]cccc1)C(Br)(Br)Br. The molecule has 1 atom stereocenters. The van der Waals surface area contributed by atoms with Gasteiger partial charge < -0.3 is 0 Å². The Bertz CT molecular complexity index is 598. The van der Waals surface area contributed by atoms with E-state index in [1.807, 2.05) is 24.3 Å². The Kier molecular flexibility index (Phi) is 11.1. The second-order valence-corrected chi connectivity index (χ2v) is 29.7. The summed E-state index contributed by atoms with van der Waals surface area (Å²) in [4.78, 5) is 0. The molecule has 0 amide bonds. The molecule has 0 aliphatic heterocycles. The van der Waals surface area contributed by atoms with Crippen molar-refractivity contribution in [3.8, 4) is 0 Å². The molecular formula is C12H4Br13. The number of benzene rings is 1. The summed E-state index contributed by atoms with van der Waals surface area (Å²) in [7, 11) is 0. The fourth-order valence-corrected chi connectivity index (χ4v) is 12.9. The van der Waals surface area contributed by atoms with Crippen LogP contribution in [0, 0.1) is 6.07 Å². The second-order valence-electron chi connectivity index (χ2n) is 4.65. The molecule has 0 bridgehead atoms. The van der Waals surface area contributed by atoms with Crippen molar-refractivity contribution in [2.75, 3.05) is 0 Å². The maximum absolute atomic E-state index is 3.92. The molecule has 0 aliphatic carbocycles. The van der Waals surface area contributed by atoms with Gasteiger partial charge in [-0.25, -0.2) is 0 Å². The quantitative estimate of drug-likeness (QED) is 0.264. The van der Waals surface area contributed by atoms with Crippen molar-refractivity contribution in [1.29, 1.82) is 0 Å². The zero-order chi connectivity index (χ0) is 20.1. The van der Waals surface area contributed by atoms with Crippen LogP contribution in [0.5, 0.6) is 0 Å². The monoisotopic (exact) mass is 1170 g/mol. The van der Waals surface area contributed by atoms with Crippen LogP contribution in [0.1, 0.15) is 5.56 Å². The van der Waals surface area contributed by atoms with E-state index in [1.54, 1.807) is 0 Å². The summed E-state index contributed by atoms with van der Waals surface area (Å²) in [5, 5.41) is 0. The average Bonchev–Trinajstić information content (AvgIpc) is 2.44. The minimum Gasteiger partial charge on any atom is -0.0740 e. The molecule has 25 heavy (non-hydrogen) atoms. The lowest BCUT2D eigenvalue weighted by Crippen LogP contribution is -2.63. The van der Waals surface area contributed by atoms with Gasteiger partial charge in [-0.05, 0) is 11.6 Å². The third kappa shape index (κ3) is 5.35. The highest BCUT2D eigenvalue weighted by Gasteiger charge is 2.73. The van der Waals surface area contributed by atoms with Crippen molar-refractivity contribution >= 4 is 207 Å². The standard InChI is InChI=1S/C12H4Br13/c13-7(11(20,21)22,6-4-2-1-3-5-6)8(14,15)9(16,17)10(18,19)12(23,24)25/h1-4H. The van der Waals surface area contributed by atoms with Gasteiger partial charge in [0.15, 0.2) is 4.29 Å². The third-order valence-corrected chi connectivity index (χ3v) is 25.5. The fourth-order valence-electron chi connectivity index (χ4n) is 1.70. The van der Waals surface area contributed by atoms with Gasteiger partial charge in [0.2, 0.25) is 0 Å². The van der Waals surface area contributed by atoms with Gasteiger partial charge in [-0.15, -0.1) is 0 Å². The van der Waals surface area contributed by atoms with Crippen LogP contribution < -0.4 is 0 Å². The van der Waals surface area contributed by atoms with Gasteiger partial charge in [0.1, 0.15) is 14.0 Å². The van der Waals surface area contributed by atoms with E-state index in [2.05, 4.69) is 213 Å². The van der Waals surface area contributed by atoms with Crippen molar-refractivity contribution in [2.45, 2.75) is 18.3 Å². The van der Waals surface area contributed by atoms with Crippen molar-refractivity contribution < 1.29 is 0 Å². The fraction of sp³-hybridized carbons (Fsp3) is 0.500. The van der Waals surface area contributed by atoms with Gasteiger partial charge >= 0.3 is 0 Å². The first-order chi connectivity index (χ1) is 10.9. The van der Waals surface area contributed by atoms with Crippen LogP contribution in [0.25, 0.3) is 0 Å². The zero-order valence-corrected chi connectivity index (χ0v) is 31.8. The first-order valence-corrected chi connectivity index (χ1v) is 16.1. The number of rotatable bonds is 4. The van der Waals surface area contributed by atoms with E-state index in [-0.39, 0.29) is 0 Å². The molecule has 0 spiro atoms. The maximum atomic E-state index is 3.92. The first kappa shape index (κ1) is 28.5. The molecular weight excluding hydrogens is 1180 g/mol. The van der Waals surface area contributed by atoms with Crippen LogP contribution in [0.4, 0.5) is 0 Å². The minimum absolute atomic E-state index is 0.734. The largest absolute Gasteiger partial charge is 0.162 e.